The first kappa shape index (κ1) is 7.73. The van der Waals surface area contributed by atoms with Gasteiger partial charge in [0.25, 0.3) is 0 Å². The molecule has 1 atom stereocenters. The number of fused-ring (bicyclic) bond motifs is 1. The highest BCUT2D eigenvalue weighted by Crippen LogP contribution is 2.34. The first-order valence-corrected chi connectivity index (χ1v) is 4.05. The minimum atomic E-state index is -0.396. The summed E-state index contributed by atoms with van der Waals surface area (Å²) >= 11 is 4.05. The molecule has 1 aliphatic rings. The van der Waals surface area contributed by atoms with E-state index in [4.69, 9.17) is 9.47 Å². The predicted octanol–water partition coefficient (Wildman–Crippen LogP) is 1.85. The Morgan fingerprint density at radius 3 is 3.17 bits per heavy atom. The zero-order chi connectivity index (χ0) is 8.55. The van der Waals surface area contributed by atoms with Crippen LogP contribution >= 0.6 is 12.6 Å². The SMILES string of the molecule is Fc1cccc2c1OCC(S)O2. The number of rotatable bonds is 0. The molecule has 1 aromatic carbocycles. The van der Waals surface area contributed by atoms with E-state index in [1.54, 1.807) is 12.1 Å². The Balaban J connectivity index is 2.42. The van der Waals surface area contributed by atoms with Crippen LogP contribution in [0.15, 0.2) is 18.2 Å². The second-order valence-corrected chi connectivity index (χ2v) is 3.03. The van der Waals surface area contributed by atoms with Crippen LogP contribution in [0.2, 0.25) is 0 Å². The zero-order valence-corrected chi connectivity index (χ0v) is 7.05. The summed E-state index contributed by atoms with van der Waals surface area (Å²) in [7, 11) is 0. The van der Waals surface area contributed by atoms with E-state index in [0.717, 1.165) is 0 Å². The molecule has 4 heteroatoms. The van der Waals surface area contributed by atoms with Crippen LogP contribution in [0, 0.1) is 5.82 Å². The molecule has 64 valence electrons. The molecule has 0 spiro atoms. The van der Waals surface area contributed by atoms with Crippen LogP contribution in [-0.2, 0) is 0 Å². The molecule has 0 radical (unpaired) electrons. The topological polar surface area (TPSA) is 18.5 Å². The summed E-state index contributed by atoms with van der Waals surface area (Å²) < 4.78 is 23.3. The maximum atomic E-state index is 13.0. The Hall–Kier alpha value is -0.900. The van der Waals surface area contributed by atoms with Crippen LogP contribution in [0.4, 0.5) is 4.39 Å². The van der Waals surface area contributed by atoms with E-state index < -0.39 is 5.82 Å². The van der Waals surface area contributed by atoms with Crippen molar-refractivity contribution in [1.29, 1.82) is 0 Å². The zero-order valence-electron chi connectivity index (χ0n) is 6.16. The fourth-order valence-electron chi connectivity index (χ4n) is 1.06. The van der Waals surface area contributed by atoms with Crippen LogP contribution in [0.5, 0.6) is 11.5 Å². The van der Waals surface area contributed by atoms with E-state index in [1.165, 1.54) is 6.07 Å². The number of hydrogen-bond donors (Lipinski definition) is 1. The van der Waals surface area contributed by atoms with Crippen LogP contribution in [0.3, 0.4) is 0 Å². The molecular weight excluding hydrogens is 179 g/mol. The van der Waals surface area contributed by atoms with Crippen LogP contribution in [0.1, 0.15) is 0 Å². The molecule has 0 saturated heterocycles. The van der Waals surface area contributed by atoms with Gasteiger partial charge in [0, 0.05) is 0 Å². The molecule has 0 aliphatic carbocycles. The van der Waals surface area contributed by atoms with Gasteiger partial charge in [0.05, 0.1) is 0 Å². The quantitative estimate of drug-likeness (QED) is 0.623. The lowest BCUT2D eigenvalue weighted by atomic mass is 10.3. The molecule has 2 nitrogen and oxygen atoms in total. The van der Waals surface area contributed by atoms with E-state index in [1.807, 2.05) is 0 Å². The van der Waals surface area contributed by atoms with Crippen molar-refractivity contribution in [1.82, 2.24) is 0 Å². The molecular formula is C8H7FO2S. The largest absolute Gasteiger partial charge is 0.482 e. The Bertz CT molecular complexity index is 303. The van der Waals surface area contributed by atoms with E-state index in [2.05, 4.69) is 12.6 Å². The molecule has 1 aromatic rings. The van der Waals surface area contributed by atoms with Gasteiger partial charge in [-0.05, 0) is 12.1 Å². The molecule has 0 amide bonds. The van der Waals surface area contributed by atoms with Gasteiger partial charge in [-0.2, -0.15) is 0 Å². The van der Waals surface area contributed by atoms with Crippen molar-refractivity contribution in [3.63, 3.8) is 0 Å². The Morgan fingerprint density at radius 1 is 1.50 bits per heavy atom. The van der Waals surface area contributed by atoms with Gasteiger partial charge in [-0.3, -0.25) is 0 Å². The second-order valence-electron chi connectivity index (χ2n) is 2.45. The highest BCUT2D eigenvalue weighted by atomic mass is 32.1. The Kier molecular flexibility index (Phi) is 1.84. The van der Waals surface area contributed by atoms with Crippen molar-refractivity contribution in [2.75, 3.05) is 6.61 Å². The number of benzene rings is 1. The maximum Gasteiger partial charge on any atom is 0.197 e. The van der Waals surface area contributed by atoms with Gasteiger partial charge in [-0.1, -0.05) is 6.07 Å². The lowest BCUT2D eigenvalue weighted by Crippen LogP contribution is -2.24. The van der Waals surface area contributed by atoms with Gasteiger partial charge in [0.2, 0.25) is 0 Å². The average Bonchev–Trinajstić information content (AvgIpc) is 2.04. The van der Waals surface area contributed by atoms with Gasteiger partial charge in [0.1, 0.15) is 6.61 Å². The van der Waals surface area contributed by atoms with Gasteiger partial charge in [-0.25, -0.2) is 4.39 Å². The summed E-state index contributed by atoms with van der Waals surface area (Å²) in [6.45, 7) is 0.275. The van der Waals surface area contributed by atoms with Gasteiger partial charge >= 0.3 is 0 Å². The lowest BCUT2D eigenvalue weighted by Gasteiger charge is -2.23. The minimum absolute atomic E-state index is 0.183. The van der Waals surface area contributed by atoms with Crippen molar-refractivity contribution >= 4 is 12.6 Å². The molecule has 0 fully saturated rings. The predicted molar refractivity (Wildman–Crippen MR) is 45.3 cm³/mol. The smallest absolute Gasteiger partial charge is 0.197 e. The summed E-state index contributed by atoms with van der Waals surface area (Å²) in [5.41, 5.74) is -0.306. The lowest BCUT2D eigenvalue weighted by molar-refractivity contribution is 0.144. The van der Waals surface area contributed by atoms with Crippen molar-refractivity contribution < 1.29 is 13.9 Å². The molecule has 1 aliphatic heterocycles. The number of hydrogen-bond acceptors (Lipinski definition) is 3. The van der Waals surface area contributed by atoms with E-state index in [-0.39, 0.29) is 17.8 Å². The molecule has 12 heavy (non-hydrogen) atoms. The van der Waals surface area contributed by atoms with Crippen LogP contribution < -0.4 is 9.47 Å². The van der Waals surface area contributed by atoms with Crippen LogP contribution in [-0.4, -0.2) is 12.0 Å². The fourth-order valence-corrected chi connectivity index (χ4v) is 1.25. The summed E-state index contributed by atoms with van der Waals surface area (Å²) in [5.74, 6) is 0.205. The minimum Gasteiger partial charge on any atom is -0.482 e. The third-order valence-electron chi connectivity index (χ3n) is 1.56. The highest BCUT2D eigenvalue weighted by molar-refractivity contribution is 7.80. The normalized spacial score (nSPS) is 20.7. The van der Waals surface area contributed by atoms with Crippen LogP contribution in [0.25, 0.3) is 0 Å². The molecule has 1 heterocycles. The second kappa shape index (κ2) is 2.86. The summed E-state index contributed by atoms with van der Waals surface area (Å²) in [4.78, 5) is 0. The van der Waals surface area contributed by atoms with Gasteiger partial charge < -0.3 is 9.47 Å². The average molecular weight is 186 g/mol. The number of para-hydroxylation sites is 1. The van der Waals surface area contributed by atoms with Crippen molar-refractivity contribution in [2.45, 2.75) is 5.44 Å². The van der Waals surface area contributed by atoms with Gasteiger partial charge in [-0.15, -0.1) is 12.6 Å². The van der Waals surface area contributed by atoms with E-state index in [9.17, 15) is 4.39 Å². The van der Waals surface area contributed by atoms with Crippen molar-refractivity contribution in [2.24, 2.45) is 0 Å². The number of thiol groups is 1. The van der Waals surface area contributed by atoms with Crippen molar-refractivity contribution in [3.8, 4) is 11.5 Å². The third kappa shape index (κ3) is 1.22. The van der Waals surface area contributed by atoms with Crippen molar-refractivity contribution in [3.05, 3.63) is 24.0 Å². The summed E-state index contributed by atoms with van der Waals surface area (Å²) in [6, 6.07) is 4.56. The van der Waals surface area contributed by atoms with E-state index in [0.29, 0.717) is 5.75 Å². The number of ether oxygens (including phenoxy) is 2. The maximum absolute atomic E-state index is 13.0. The number of halogens is 1. The highest BCUT2D eigenvalue weighted by Gasteiger charge is 2.20. The Morgan fingerprint density at radius 2 is 2.33 bits per heavy atom. The Labute approximate surface area is 74.7 Å². The summed E-state index contributed by atoms with van der Waals surface area (Å²) in [5, 5.41) is 0. The fraction of sp³-hybridized carbons (Fsp3) is 0.250. The first-order valence-electron chi connectivity index (χ1n) is 3.53. The van der Waals surface area contributed by atoms with E-state index >= 15 is 0 Å². The third-order valence-corrected chi connectivity index (χ3v) is 1.82. The first-order chi connectivity index (χ1) is 5.77. The summed E-state index contributed by atoms with van der Waals surface area (Å²) in [6.07, 6.45) is 0. The molecule has 2 rings (SSSR count). The molecule has 1 unspecified atom stereocenters. The van der Waals surface area contributed by atoms with Gasteiger partial charge in [0.15, 0.2) is 22.8 Å². The molecule has 0 N–H and O–H groups in total. The monoisotopic (exact) mass is 186 g/mol. The standard InChI is InChI=1S/C8H7FO2S/c9-5-2-1-3-6-8(5)10-4-7(12)11-6/h1-3,7,12H,4H2. The molecule has 0 aromatic heterocycles. The molecule has 0 bridgehead atoms. The molecule has 0 saturated carbocycles.